The zero-order chi connectivity index (χ0) is 83.0. The van der Waals surface area contributed by atoms with E-state index in [-0.39, 0.29) is 80.9 Å². The molecule has 12 nitrogen and oxygen atoms in total. The number of likely N-dealkylation sites (N-methyl/N-ethyl adjacent to an activating group) is 1. The maximum absolute atomic E-state index is 13.6. The Labute approximate surface area is 699 Å². The van der Waals surface area contributed by atoms with Crippen LogP contribution in [0.25, 0.3) is 102 Å². The number of anilines is 2. The third-order valence-electron chi connectivity index (χ3n) is 21.6. The molecule has 2 aliphatic heterocycles. The molecule has 1 N–H and O–H groups in total. The van der Waals surface area contributed by atoms with E-state index in [4.69, 9.17) is 19.7 Å². The van der Waals surface area contributed by atoms with Crippen molar-refractivity contribution >= 4 is 74.9 Å². The molecule has 10 aromatic rings. The summed E-state index contributed by atoms with van der Waals surface area (Å²) in [5.41, 5.74) is 25.4. The van der Waals surface area contributed by atoms with Crippen molar-refractivity contribution in [3.05, 3.63) is 271 Å². The van der Waals surface area contributed by atoms with E-state index in [1.807, 2.05) is 104 Å². The van der Waals surface area contributed by atoms with Crippen LogP contribution in [0.15, 0.2) is 187 Å². The van der Waals surface area contributed by atoms with Crippen molar-refractivity contribution in [1.29, 1.82) is 21.0 Å². The Kier molecular flexibility index (Phi) is 24.4. The number of nitriles is 4. The van der Waals surface area contributed by atoms with Crippen LogP contribution in [0.1, 0.15) is 220 Å². The minimum absolute atomic E-state index is 0. The summed E-state index contributed by atoms with van der Waals surface area (Å²) in [4.78, 5) is 39.0. The number of benzene rings is 7. The predicted molar refractivity (Wildman–Crippen MR) is 476 cm³/mol. The Balaban J connectivity index is 0.0000132. The van der Waals surface area contributed by atoms with Crippen molar-refractivity contribution in [1.82, 2.24) is 19.9 Å². The summed E-state index contributed by atoms with van der Waals surface area (Å²) in [6.07, 6.45) is 8.70. The van der Waals surface area contributed by atoms with Crippen LogP contribution >= 0.6 is 0 Å². The van der Waals surface area contributed by atoms with Crippen LogP contribution in [0.3, 0.4) is 0 Å². The topological polar surface area (TPSA) is 184 Å². The van der Waals surface area contributed by atoms with Gasteiger partial charge in [0, 0.05) is 76.4 Å². The largest absolute Gasteiger partial charge is 2.00 e. The van der Waals surface area contributed by atoms with E-state index in [1.165, 1.54) is 33.4 Å². The molecule has 0 saturated carbocycles. The smallest absolute Gasteiger partial charge is 0.657 e. The van der Waals surface area contributed by atoms with E-state index in [2.05, 4.69) is 257 Å². The number of aromatic nitrogens is 4. The number of hydrogen-bond donors (Lipinski definition) is 1. The van der Waals surface area contributed by atoms with Gasteiger partial charge in [-0.15, -0.1) is 11.0 Å². The molecular formula is C103H103N10O2Zn+. The molecule has 5 heterocycles. The van der Waals surface area contributed by atoms with Crippen molar-refractivity contribution in [3.63, 3.8) is 0 Å². The molecule has 13 heteroatoms. The van der Waals surface area contributed by atoms with Crippen molar-refractivity contribution in [2.24, 2.45) is 0 Å². The fourth-order valence-corrected chi connectivity index (χ4v) is 14.5. The van der Waals surface area contributed by atoms with Crippen LogP contribution in [-0.2, 0) is 56.7 Å². The molecular weight excluding hydrogens is 1470 g/mol. The molecule has 0 aliphatic carbocycles. The van der Waals surface area contributed by atoms with Gasteiger partial charge in [-0.1, -0.05) is 240 Å². The maximum atomic E-state index is 13.6. The molecule has 0 saturated heterocycles. The number of carbonyl (C=O) groups excluding carboxylic acids is 1. The van der Waals surface area contributed by atoms with E-state index in [0.29, 0.717) is 29.8 Å². The first-order valence-electron chi connectivity index (χ1n) is 39.5. The summed E-state index contributed by atoms with van der Waals surface area (Å²) in [6.45, 7) is 44.2. The van der Waals surface area contributed by atoms with Gasteiger partial charge in [0.05, 0.1) is 34.9 Å². The number of allylic oxidation sites excluding steroid dienone is 4. The summed E-state index contributed by atoms with van der Waals surface area (Å²) in [6, 6.07) is 67.8. The van der Waals surface area contributed by atoms with Crippen LogP contribution in [0.4, 0.5) is 11.4 Å². The van der Waals surface area contributed by atoms with Crippen LogP contribution in [0.5, 0.6) is 0 Å². The average Bonchev–Trinajstić information content (AvgIpc) is 1.59. The molecule has 0 unspecified atom stereocenters. The molecule has 578 valence electrons. The second kappa shape index (κ2) is 33.3. The Morgan fingerprint density at radius 2 is 0.724 bits per heavy atom. The Hall–Kier alpha value is -12.2. The van der Waals surface area contributed by atoms with Gasteiger partial charge in [-0.25, -0.2) is 14.8 Å². The Morgan fingerprint density at radius 3 is 1.06 bits per heavy atom. The Morgan fingerprint density at radius 1 is 0.405 bits per heavy atom. The van der Waals surface area contributed by atoms with Gasteiger partial charge in [0.2, 0.25) is 0 Å². The van der Waals surface area contributed by atoms with Crippen LogP contribution in [-0.4, -0.2) is 54.7 Å². The first kappa shape index (κ1) is 84.7. The number of ether oxygens (including phenoxy) is 1. The quantitative estimate of drug-likeness (QED) is 0.0359. The minimum Gasteiger partial charge on any atom is -0.657 e. The monoisotopic (exact) mass is 1580 g/mol. The zero-order valence-corrected chi connectivity index (χ0v) is 74.2. The standard InChI is InChI=1S/C103H104N10O2.Zn/c1-22-113(82-39-35-67(36-40-82)92(74(62-106)63-107)91(73(60-104)61-105)66-33-37-81(38-34-66)112(20)21)49-50-115-97(114)69-31-27-65(28-32-69)24-23-64-25-29-68(30-26-64)93-83-41-43-85(108-83)94(70-51-75(98(2,3)4)57-76(52-70)99(5,6)7)87-45-47-89(110-87)96(72-55-79(102(14,15)16)59-80(56-72)103(17,18)19)90-48-46-88(111-90)95(86-44-42-84(93)109-86)71-53-77(100(8,9)10)58-78(54-71)101(11,12)13;/h25-48,51-59H,22,49-50H2,1-21H3,(H2,108,109,110,111,114);/q;+2/p-1. The molecule has 0 fully saturated rings. The molecule has 116 heavy (non-hydrogen) atoms. The molecule has 8 bridgehead atoms. The van der Waals surface area contributed by atoms with E-state index >= 15 is 0 Å². The number of H-pyrrole nitrogens is 1. The summed E-state index contributed by atoms with van der Waals surface area (Å²) in [5.74, 6) is 6.25. The van der Waals surface area contributed by atoms with E-state index in [0.717, 1.165) is 112 Å². The molecule has 0 spiro atoms. The summed E-state index contributed by atoms with van der Waals surface area (Å²) in [7, 11) is 3.80. The zero-order valence-electron chi connectivity index (χ0n) is 71.2. The number of nitrogens with zero attached hydrogens (tertiary/aromatic N) is 9. The fraction of sp³-hybridized carbons (Fsp3) is 0.291. The maximum Gasteiger partial charge on any atom is 2.00 e. The third kappa shape index (κ3) is 18.5. The molecule has 7 aromatic carbocycles. The minimum atomic E-state index is -0.478. The number of esters is 1. The number of fused-ring (bicyclic) bond motifs is 8. The summed E-state index contributed by atoms with van der Waals surface area (Å²) in [5, 5.41) is 40.6. The SMILES string of the molecule is CCN(CCOC(=O)c1ccc(C#Cc2ccc(-c3c4nc(c(-c5cc(C(C)(C)C)cc(C(C)(C)C)c5)c5ccc([n-]5)c(-c5cc(C(C)(C)C)cc(C(C)(C)C)c5)c5nc(c(-c6cc(C(C)(C)C)cc(C(C)(C)C)c6)c6ccc3[nH]6)C=C5)C=C4)cc2)cc1)c1ccc(C(=C(C#N)C#N)C(=C(C#N)C#N)c2ccc(N(C)C)cc2)cc1.[Zn+2]. The van der Waals surface area contributed by atoms with Crippen LogP contribution < -0.4 is 14.8 Å². The van der Waals surface area contributed by atoms with E-state index in [9.17, 15) is 25.8 Å². The van der Waals surface area contributed by atoms with E-state index < -0.39 is 5.97 Å². The van der Waals surface area contributed by atoms with Gasteiger partial charge < -0.3 is 24.5 Å². The number of rotatable bonds is 14. The number of hydrogen-bond acceptors (Lipinski definition) is 10. The summed E-state index contributed by atoms with van der Waals surface area (Å²) >= 11 is 0. The van der Waals surface area contributed by atoms with Crippen molar-refractivity contribution in [3.8, 4) is 80.6 Å². The van der Waals surface area contributed by atoms with E-state index in [1.54, 1.807) is 36.4 Å². The first-order chi connectivity index (χ1) is 54.3. The van der Waals surface area contributed by atoms with Gasteiger partial charge in [0.15, 0.2) is 0 Å². The molecule has 0 radical (unpaired) electrons. The van der Waals surface area contributed by atoms with Crippen molar-refractivity contribution in [2.75, 3.05) is 43.6 Å². The average molecular weight is 1580 g/mol. The van der Waals surface area contributed by atoms with Crippen LogP contribution in [0.2, 0.25) is 0 Å². The molecule has 2 aliphatic rings. The number of nitrogens with one attached hydrogen (secondary N) is 1. The molecule has 0 amide bonds. The van der Waals surface area contributed by atoms with Gasteiger partial charge in [0.25, 0.3) is 0 Å². The second-order valence-corrected chi connectivity index (χ2v) is 36.4. The Bertz CT molecular complexity index is 5850. The molecule has 12 rings (SSSR count). The van der Waals surface area contributed by atoms with Gasteiger partial charge in [0.1, 0.15) is 42.0 Å². The third-order valence-corrected chi connectivity index (χ3v) is 21.6. The molecule has 0 atom stereocenters. The number of carbonyl (C=O) groups is 1. The molecule has 3 aromatic heterocycles. The van der Waals surface area contributed by atoms with Crippen molar-refractivity contribution < 1.29 is 29.0 Å². The van der Waals surface area contributed by atoms with Gasteiger partial charge >= 0.3 is 25.4 Å². The van der Waals surface area contributed by atoms with Crippen molar-refractivity contribution in [2.45, 2.75) is 164 Å². The van der Waals surface area contributed by atoms with Gasteiger partial charge in [-0.2, -0.15) is 21.0 Å². The van der Waals surface area contributed by atoms with Gasteiger partial charge in [-0.05, 0) is 214 Å². The summed E-state index contributed by atoms with van der Waals surface area (Å²) < 4.78 is 5.84. The first-order valence-corrected chi connectivity index (χ1v) is 39.5. The predicted octanol–water partition coefficient (Wildman–Crippen LogP) is 24.2. The van der Waals surface area contributed by atoms with Crippen LogP contribution in [0, 0.1) is 57.2 Å². The fourth-order valence-electron chi connectivity index (χ4n) is 14.5. The van der Waals surface area contributed by atoms with Gasteiger partial charge in [-0.3, -0.25) is 0 Å². The second-order valence-electron chi connectivity index (χ2n) is 36.4. The normalized spacial score (nSPS) is 12.1. The number of aromatic amines is 1.